The van der Waals surface area contributed by atoms with E-state index in [1.54, 1.807) is 6.92 Å². The summed E-state index contributed by atoms with van der Waals surface area (Å²) < 4.78 is 5.30. The molecule has 0 amide bonds. The molecule has 1 heterocycles. The van der Waals surface area contributed by atoms with E-state index in [9.17, 15) is 0 Å². The first-order chi connectivity index (χ1) is 6.85. The lowest BCUT2D eigenvalue weighted by Crippen LogP contribution is -2.00. The molecule has 0 saturated carbocycles. The zero-order valence-corrected chi connectivity index (χ0v) is 8.89. The van der Waals surface area contributed by atoms with Crippen molar-refractivity contribution in [1.29, 1.82) is 0 Å². The molecule has 0 aromatic carbocycles. The number of hydrogen-bond acceptors (Lipinski definition) is 1. The first-order valence-electron chi connectivity index (χ1n) is 4.84. The van der Waals surface area contributed by atoms with Crippen molar-refractivity contribution >= 4 is 0 Å². The minimum Gasteiger partial charge on any atom is -0.378 e. The lowest BCUT2D eigenvalue weighted by molar-refractivity contribution is 0.108. The van der Waals surface area contributed by atoms with Gasteiger partial charge in [0.15, 0.2) is 0 Å². The third-order valence-electron chi connectivity index (χ3n) is 1.80. The Morgan fingerprint density at radius 1 is 1.36 bits per heavy atom. The molecule has 1 fully saturated rings. The molecule has 74 valence electrons. The largest absolute Gasteiger partial charge is 0.378 e. The van der Waals surface area contributed by atoms with Crippen molar-refractivity contribution in [1.82, 2.24) is 0 Å². The molecule has 0 radical (unpaired) electrons. The highest BCUT2D eigenvalue weighted by atomic mass is 16.5. The fourth-order valence-electron chi connectivity index (χ4n) is 1.10. The van der Waals surface area contributed by atoms with Gasteiger partial charge in [0, 0.05) is 6.61 Å². The Labute approximate surface area is 87.2 Å². The Hall–Kier alpha value is -1.36. The first kappa shape index (κ1) is 12.6. The molecule has 1 atom stereocenters. The first-order valence-corrected chi connectivity index (χ1v) is 4.84. The van der Waals surface area contributed by atoms with Crippen LogP contribution < -0.4 is 0 Å². The standard InChI is InChI=1S/C7H4.C6H12O/c1-3-5-7-6-4-2;1-2-6-4-3-5-7-6/h1H,2H3;6H,2-5H2,1H3. The molecule has 0 aromatic heterocycles. The molecule has 1 aliphatic heterocycles. The third kappa shape index (κ3) is 7.30. The zero-order chi connectivity index (χ0) is 10.6. The van der Waals surface area contributed by atoms with Crippen molar-refractivity contribution in [2.75, 3.05) is 6.61 Å². The van der Waals surface area contributed by atoms with Crippen LogP contribution in [0.15, 0.2) is 0 Å². The molecule has 1 saturated heterocycles. The SMILES string of the molecule is C#CC#CC#CC.CCC1CCCO1. The van der Waals surface area contributed by atoms with Gasteiger partial charge >= 0.3 is 0 Å². The minimum absolute atomic E-state index is 0.597. The molecular formula is C13H16O. The maximum absolute atomic E-state index is 5.30. The van der Waals surface area contributed by atoms with Gasteiger partial charge < -0.3 is 4.74 Å². The second-order valence-electron chi connectivity index (χ2n) is 2.81. The monoisotopic (exact) mass is 188 g/mol. The molecule has 1 rings (SSSR count). The van der Waals surface area contributed by atoms with Crippen LogP contribution >= 0.6 is 0 Å². The topological polar surface area (TPSA) is 9.23 Å². The summed E-state index contributed by atoms with van der Waals surface area (Å²) >= 11 is 0. The van der Waals surface area contributed by atoms with Gasteiger partial charge in [0.05, 0.1) is 6.10 Å². The molecule has 0 aliphatic carbocycles. The highest BCUT2D eigenvalue weighted by Gasteiger charge is 2.11. The average molecular weight is 188 g/mol. The summed E-state index contributed by atoms with van der Waals surface area (Å²) in [4.78, 5) is 0. The van der Waals surface area contributed by atoms with Crippen LogP contribution in [-0.2, 0) is 4.74 Å². The predicted molar refractivity (Wildman–Crippen MR) is 59.3 cm³/mol. The molecule has 0 aromatic rings. The molecular weight excluding hydrogens is 172 g/mol. The molecule has 0 N–H and O–H groups in total. The fraction of sp³-hybridized carbons (Fsp3) is 0.538. The van der Waals surface area contributed by atoms with Crippen molar-refractivity contribution in [3.8, 4) is 36.0 Å². The minimum atomic E-state index is 0.597. The summed E-state index contributed by atoms with van der Waals surface area (Å²) in [7, 11) is 0. The summed E-state index contributed by atoms with van der Waals surface area (Å²) in [5.41, 5.74) is 0. The van der Waals surface area contributed by atoms with Gasteiger partial charge in [0.1, 0.15) is 0 Å². The summed E-state index contributed by atoms with van der Waals surface area (Å²) in [5, 5.41) is 0. The van der Waals surface area contributed by atoms with Crippen LogP contribution in [0.25, 0.3) is 0 Å². The van der Waals surface area contributed by atoms with Crippen LogP contribution in [-0.4, -0.2) is 12.7 Å². The van der Waals surface area contributed by atoms with Gasteiger partial charge in [-0.2, -0.15) is 0 Å². The maximum Gasteiger partial charge on any atom is 0.0573 e. The van der Waals surface area contributed by atoms with Crippen molar-refractivity contribution in [3.05, 3.63) is 0 Å². The predicted octanol–water partition coefficient (Wildman–Crippen LogP) is 2.22. The Kier molecular flexibility index (Phi) is 8.78. The van der Waals surface area contributed by atoms with E-state index in [-0.39, 0.29) is 0 Å². The Morgan fingerprint density at radius 2 is 2.14 bits per heavy atom. The normalized spacial score (nSPS) is 17.4. The molecule has 0 spiro atoms. The number of rotatable bonds is 1. The Bertz CT molecular complexity index is 281. The van der Waals surface area contributed by atoms with Crippen molar-refractivity contribution in [3.63, 3.8) is 0 Å². The smallest absolute Gasteiger partial charge is 0.0573 e. The molecule has 1 aliphatic rings. The van der Waals surface area contributed by atoms with Gasteiger partial charge in [0.25, 0.3) is 0 Å². The quantitative estimate of drug-likeness (QED) is 0.573. The second kappa shape index (κ2) is 9.73. The molecule has 0 bridgehead atoms. The van der Waals surface area contributed by atoms with Gasteiger partial charge in [-0.1, -0.05) is 12.8 Å². The maximum atomic E-state index is 5.30. The molecule has 14 heavy (non-hydrogen) atoms. The van der Waals surface area contributed by atoms with Crippen LogP contribution in [0.3, 0.4) is 0 Å². The molecule has 1 heteroatoms. The number of ether oxygens (including phenoxy) is 1. The summed E-state index contributed by atoms with van der Waals surface area (Å²) in [6.45, 7) is 4.89. The van der Waals surface area contributed by atoms with E-state index in [0.717, 1.165) is 6.61 Å². The number of terminal acetylenes is 1. The van der Waals surface area contributed by atoms with E-state index in [1.807, 2.05) is 0 Å². The van der Waals surface area contributed by atoms with Crippen LogP contribution in [0.4, 0.5) is 0 Å². The van der Waals surface area contributed by atoms with E-state index in [1.165, 1.54) is 19.3 Å². The van der Waals surface area contributed by atoms with E-state index in [0.29, 0.717) is 6.10 Å². The Morgan fingerprint density at radius 3 is 2.50 bits per heavy atom. The van der Waals surface area contributed by atoms with Gasteiger partial charge in [-0.05, 0) is 49.9 Å². The van der Waals surface area contributed by atoms with Crippen LogP contribution in [0, 0.1) is 36.0 Å². The third-order valence-corrected chi connectivity index (χ3v) is 1.80. The van der Waals surface area contributed by atoms with E-state index in [4.69, 9.17) is 11.2 Å². The zero-order valence-electron chi connectivity index (χ0n) is 8.89. The Balaban J connectivity index is 0.000000241. The lowest BCUT2D eigenvalue weighted by atomic mass is 10.2. The average Bonchev–Trinajstić information content (AvgIpc) is 2.72. The van der Waals surface area contributed by atoms with Crippen LogP contribution in [0.5, 0.6) is 0 Å². The van der Waals surface area contributed by atoms with E-state index in [2.05, 4.69) is 36.5 Å². The molecule has 1 nitrogen and oxygen atoms in total. The van der Waals surface area contributed by atoms with Gasteiger partial charge in [-0.3, -0.25) is 0 Å². The summed E-state index contributed by atoms with van der Waals surface area (Å²) in [6, 6.07) is 0. The van der Waals surface area contributed by atoms with Crippen molar-refractivity contribution < 1.29 is 4.74 Å². The summed E-state index contributed by atoms with van der Waals surface area (Å²) in [6.07, 6.45) is 9.13. The van der Waals surface area contributed by atoms with Crippen LogP contribution in [0.1, 0.15) is 33.1 Å². The van der Waals surface area contributed by atoms with E-state index < -0.39 is 0 Å². The van der Waals surface area contributed by atoms with Gasteiger partial charge in [-0.15, -0.1) is 6.42 Å². The highest BCUT2D eigenvalue weighted by Crippen LogP contribution is 2.13. The molecule has 1 unspecified atom stereocenters. The van der Waals surface area contributed by atoms with Gasteiger partial charge in [-0.25, -0.2) is 0 Å². The highest BCUT2D eigenvalue weighted by molar-refractivity contribution is 5.33. The van der Waals surface area contributed by atoms with E-state index >= 15 is 0 Å². The number of hydrogen-bond donors (Lipinski definition) is 0. The fourth-order valence-corrected chi connectivity index (χ4v) is 1.10. The van der Waals surface area contributed by atoms with Crippen molar-refractivity contribution in [2.24, 2.45) is 0 Å². The second-order valence-corrected chi connectivity index (χ2v) is 2.81. The van der Waals surface area contributed by atoms with Crippen molar-refractivity contribution in [2.45, 2.75) is 39.2 Å². The lowest BCUT2D eigenvalue weighted by Gasteiger charge is -2.01. The van der Waals surface area contributed by atoms with Crippen LogP contribution in [0.2, 0.25) is 0 Å². The van der Waals surface area contributed by atoms with Gasteiger partial charge in [0.2, 0.25) is 0 Å². The summed E-state index contributed by atoms with van der Waals surface area (Å²) in [5.74, 6) is 12.0.